The van der Waals surface area contributed by atoms with E-state index in [-0.39, 0.29) is 17.3 Å². The Morgan fingerprint density at radius 3 is 2.87 bits per heavy atom. The molecule has 0 aromatic rings. The maximum atomic E-state index is 11.7. The smallest absolute Gasteiger partial charge is 0.156 e. The van der Waals surface area contributed by atoms with Crippen molar-refractivity contribution in [3.8, 4) is 0 Å². The lowest BCUT2D eigenvalue weighted by molar-refractivity contribution is -0.354. The summed E-state index contributed by atoms with van der Waals surface area (Å²) in [6, 6.07) is 0. The van der Waals surface area contributed by atoms with Gasteiger partial charge in [-0.1, -0.05) is 24.3 Å². The van der Waals surface area contributed by atoms with Gasteiger partial charge in [0.15, 0.2) is 5.78 Å². The lowest BCUT2D eigenvalue weighted by atomic mass is 9.60. The molecule has 1 fully saturated rings. The van der Waals surface area contributed by atoms with E-state index in [9.17, 15) is 10.0 Å². The van der Waals surface area contributed by atoms with Crippen molar-refractivity contribution in [2.75, 3.05) is 7.05 Å². The number of nitrogens with zero attached hydrogens (tertiary/aromatic N) is 1. The van der Waals surface area contributed by atoms with Gasteiger partial charge >= 0.3 is 0 Å². The second kappa shape index (κ2) is 5.40. The summed E-state index contributed by atoms with van der Waals surface area (Å²) >= 11 is 0. The number of carbonyl (C=O) groups is 1. The van der Waals surface area contributed by atoms with E-state index in [1.54, 1.807) is 0 Å². The Hall–Kier alpha value is -1.23. The predicted molar refractivity (Wildman–Crippen MR) is 86.5 cm³/mol. The van der Waals surface area contributed by atoms with Crippen LogP contribution in [0.5, 0.6) is 0 Å². The fourth-order valence-corrected chi connectivity index (χ4v) is 5.32. The summed E-state index contributed by atoms with van der Waals surface area (Å²) in [6.07, 6.45) is 12.4. The van der Waals surface area contributed by atoms with E-state index >= 15 is 0 Å². The van der Waals surface area contributed by atoms with Crippen LogP contribution in [0.2, 0.25) is 0 Å². The number of carbonyl (C=O) groups excluding carboxylic acids is 1. The lowest BCUT2D eigenvalue weighted by Crippen LogP contribution is -2.41. The molecule has 0 aromatic heterocycles. The monoisotopic (exact) mass is 315 g/mol. The molecular weight excluding hydrogens is 290 g/mol. The van der Waals surface area contributed by atoms with Crippen molar-refractivity contribution in [3.63, 3.8) is 0 Å². The standard InChI is InChI=1S/C19H25NO3/c1-19-10-9-15-14-6-4-13(21)11-12(14)3-5-16(15)17(19)7-8-18(19)23-20(2)22/h9-11,16-18,22H,3-8H2,1-2H3. The second-order valence-electron chi connectivity index (χ2n) is 7.66. The molecule has 0 bridgehead atoms. The van der Waals surface area contributed by atoms with Crippen molar-refractivity contribution in [2.45, 2.75) is 51.6 Å². The Balaban J connectivity index is 1.72. The normalized spacial score (nSPS) is 39.2. The Bertz CT molecular complexity index is 631. The molecule has 4 unspecified atom stereocenters. The molecule has 4 atom stereocenters. The van der Waals surface area contributed by atoms with Crippen LogP contribution >= 0.6 is 0 Å². The summed E-state index contributed by atoms with van der Waals surface area (Å²) in [6.45, 7) is 2.27. The minimum absolute atomic E-state index is 0.0164. The van der Waals surface area contributed by atoms with Gasteiger partial charge in [-0.2, -0.15) is 0 Å². The molecule has 4 aliphatic rings. The highest BCUT2D eigenvalue weighted by molar-refractivity contribution is 5.93. The Kier molecular flexibility index (Phi) is 3.59. The molecule has 0 aliphatic heterocycles. The SMILES string of the molecule is CN(O)OC1CCC2C3CCC4=CC(=O)CCC4=C3C=CC12C. The van der Waals surface area contributed by atoms with Gasteiger partial charge < -0.3 is 0 Å². The van der Waals surface area contributed by atoms with Crippen molar-refractivity contribution < 1.29 is 14.8 Å². The van der Waals surface area contributed by atoms with Crippen molar-refractivity contribution in [2.24, 2.45) is 17.3 Å². The van der Waals surface area contributed by atoms with E-state index in [1.807, 2.05) is 6.08 Å². The van der Waals surface area contributed by atoms with Crippen LogP contribution in [0.15, 0.2) is 34.9 Å². The molecule has 0 spiro atoms. The first-order valence-corrected chi connectivity index (χ1v) is 8.74. The van der Waals surface area contributed by atoms with Crippen LogP contribution in [0.4, 0.5) is 0 Å². The number of hydrogen-bond donors (Lipinski definition) is 1. The third-order valence-electron chi connectivity index (χ3n) is 6.44. The summed E-state index contributed by atoms with van der Waals surface area (Å²) in [5.41, 5.74) is 4.16. The highest BCUT2D eigenvalue weighted by atomic mass is 16.9. The van der Waals surface area contributed by atoms with Gasteiger partial charge in [0.1, 0.15) is 0 Å². The van der Waals surface area contributed by atoms with Gasteiger partial charge in [0, 0.05) is 18.9 Å². The number of allylic oxidation sites excluding steroid dienone is 5. The average Bonchev–Trinajstić information content (AvgIpc) is 2.83. The zero-order valence-electron chi connectivity index (χ0n) is 13.9. The third kappa shape index (κ3) is 2.35. The molecule has 0 amide bonds. The summed E-state index contributed by atoms with van der Waals surface area (Å²) in [7, 11) is 1.54. The quantitative estimate of drug-likeness (QED) is 0.791. The van der Waals surface area contributed by atoms with E-state index in [0.717, 1.165) is 37.3 Å². The maximum absolute atomic E-state index is 11.7. The molecule has 4 heteroatoms. The molecule has 23 heavy (non-hydrogen) atoms. The van der Waals surface area contributed by atoms with Gasteiger partial charge in [-0.05, 0) is 66.7 Å². The molecule has 0 aromatic carbocycles. The van der Waals surface area contributed by atoms with E-state index in [4.69, 9.17) is 4.84 Å². The molecule has 0 heterocycles. The van der Waals surface area contributed by atoms with Crippen LogP contribution in [0.25, 0.3) is 0 Å². The Morgan fingerprint density at radius 1 is 1.26 bits per heavy atom. The minimum Gasteiger partial charge on any atom is -0.295 e. The first-order chi connectivity index (χ1) is 11.0. The molecule has 0 radical (unpaired) electrons. The van der Waals surface area contributed by atoms with E-state index < -0.39 is 0 Å². The van der Waals surface area contributed by atoms with Gasteiger partial charge in [-0.25, -0.2) is 0 Å². The van der Waals surface area contributed by atoms with Gasteiger partial charge in [-0.3, -0.25) is 14.8 Å². The highest BCUT2D eigenvalue weighted by Gasteiger charge is 2.52. The number of ketones is 1. The first-order valence-electron chi connectivity index (χ1n) is 8.74. The number of hydroxylamine groups is 2. The van der Waals surface area contributed by atoms with E-state index in [1.165, 1.54) is 23.8 Å². The van der Waals surface area contributed by atoms with E-state index in [0.29, 0.717) is 18.3 Å². The molecule has 1 N–H and O–H groups in total. The molecule has 1 saturated carbocycles. The predicted octanol–water partition coefficient (Wildman–Crippen LogP) is 3.59. The van der Waals surface area contributed by atoms with Crippen molar-refractivity contribution in [1.82, 2.24) is 5.23 Å². The summed E-state index contributed by atoms with van der Waals surface area (Å²) < 4.78 is 0. The summed E-state index contributed by atoms with van der Waals surface area (Å²) in [5, 5.41) is 10.3. The molecule has 4 aliphatic carbocycles. The lowest BCUT2D eigenvalue weighted by Gasteiger charge is -2.45. The van der Waals surface area contributed by atoms with Gasteiger partial charge in [-0.15, -0.1) is 0 Å². The topological polar surface area (TPSA) is 49.8 Å². The van der Waals surface area contributed by atoms with Gasteiger partial charge in [0.05, 0.1) is 6.10 Å². The van der Waals surface area contributed by atoms with Crippen LogP contribution in [0.1, 0.15) is 45.4 Å². The van der Waals surface area contributed by atoms with Crippen LogP contribution in [0, 0.1) is 17.3 Å². The fraction of sp³-hybridized carbons (Fsp3) is 0.632. The van der Waals surface area contributed by atoms with Crippen LogP contribution < -0.4 is 0 Å². The zero-order valence-corrected chi connectivity index (χ0v) is 13.9. The van der Waals surface area contributed by atoms with Crippen LogP contribution in [-0.2, 0) is 9.63 Å². The Labute approximate surface area is 137 Å². The number of hydrogen-bond acceptors (Lipinski definition) is 4. The molecule has 4 nitrogen and oxygen atoms in total. The Morgan fingerprint density at radius 2 is 2.09 bits per heavy atom. The summed E-state index contributed by atoms with van der Waals surface area (Å²) in [5.74, 6) is 1.43. The third-order valence-corrected chi connectivity index (χ3v) is 6.44. The fourth-order valence-electron chi connectivity index (χ4n) is 5.32. The van der Waals surface area contributed by atoms with Crippen LogP contribution in [-0.4, -0.2) is 29.4 Å². The highest BCUT2D eigenvalue weighted by Crippen LogP contribution is 2.57. The number of rotatable bonds is 2. The molecular formula is C19H25NO3. The molecule has 124 valence electrons. The number of fused-ring (bicyclic) bond motifs is 4. The zero-order chi connectivity index (χ0) is 16.2. The second-order valence-corrected chi connectivity index (χ2v) is 7.66. The first kappa shape index (κ1) is 15.3. The average molecular weight is 315 g/mol. The maximum Gasteiger partial charge on any atom is 0.156 e. The summed E-state index contributed by atoms with van der Waals surface area (Å²) in [4.78, 5) is 17.3. The van der Waals surface area contributed by atoms with E-state index in [2.05, 4.69) is 19.1 Å². The van der Waals surface area contributed by atoms with Crippen molar-refractivity contribution >= 4 is 5.78 Å². The molecule has 4 rings (SSSR count). The van der Waals surface area contributed by atoms with Crippen molar-refractivity contribution in [3.05, 3.63) is 34.9 Å². The largest absolute Gasteiger partial charge is 0.295 e. The molecule has 0 saturated heterocycles. The van der Waals surface area contributed by atoms with Crippen molar-refractivity contribution in [1.29, 1.82) is 0 Å². The van der Waals surface area contributed by atoms with Gasteiger partial charge in [0.25, 0.3) is 0 Å². The van der Waals surface area contributed by atoms with Crippen LogP contribution in [0.3, 0.4) is 0 Å². The van der Waals surface area contributed by atoms with Gasteiger partial charge in [0.2, 0.25) is 0 Å². The minimum atomic E-state index is -0.0164.